The molecule has 0 spiro atoms. The first kappa shape index (κ1) is 19.7. The van der Waals surface area contributed by atoms with Crippen LogP contribution in [-0.2, 0) is 11.2 Å². The topological polar surface area (TPSA) is 97.6 Å². The number of aromatic nitrogens is 2. The number of rotatable bonds is 4. The zero-order valence-electron chi connectivity index (χ0n) is 17.3. The van der Waals surface area contributed by atoms with Gasteiger partial charge in [-0.2, -0.15) is 0 Å². The predicted molar refractivity (Wildman–Crippen MR) is 118 cm³/mol. The summed E-state index contributed by atoms with van der Waals surface area (Å²) in [5, 5.41) is 2.76. The van der Waals surface area contributed by atoms with Crippen molar-refractivity contribution in [1.82, 2.24) is 15.3 Å². The van der Waals surface area contributed by atoms with Crippen molar-refractivity contribution in [3.05, 3.63) is 84.0 Å². The third-order valence-electron chi connectivity index (χ3n) is 5.42. The van der Waals surface area contributed by atoms with Gasteiger partial charge in [0.1, 0.15) is 29.6 Å². The van der Waals surface area contributed by atoms with Gasteiger partial charge < -0.3 is 19.4 Å². The van der Waals surface area contributed by atoms with Gasteiger partial charge in [-0.25, -0.2) is 4.98 Å². The van der Waals surface area contributed by atoms with Crippen molar-refractivity contribution >= 4 is 28.6 Å². The molecule has 0 bridgehead atoms. The largest absolute Gasteiger partial charge is 0.489 e. The quantitative estimate of drug-likeness (QED) is 0.537. The van der Waals surface area contributed by atoms with E-state index in [2.05, 4.69) is 15.3 Å². The molecule has 0 radical (unpaired) electrons. The van der Waals surface area contributed by atoms with E-state index in [-0.39, 0.29) is 18.2 Å². The second-order valence-corrected chi connectivity index (χ2v) is 7.59. The number of nitrogens with zero attached hydrogens (tertiary/aromatic N) is 3. The van der Waals surface area contributed by atoms with Crippen LogP contribution in [0, 0.1) is 0 Å². The van der Waals surface area contributed by atoms with Crippen molar-refractivity contribution < 1.29 is 18.7 Å². The molecule has 160 valence electrons. The lowest BCUT2D eigenvalue weighted by molar-refractivity contribution is -0.120. The molecule has 32 heavy (non-hydrogen) atoms. The number of likely N-dealkylation sites (N-methyl/N-ethyl adjacent to an activating group) is 1. The number of nitrogens with one attached hydrogen (secondary N) is 1. The lowest BCUT2D eigenvalue weighted by Gasteiger charge is -2.20. The summed E-state index contributed by atoms with van der Waals surface area (Å²) in [4.78, 5) is 35.7. The van der Waals surface area contributed by atoms with Crippen molar-refractivity contribution in [3.63, 3.8) is 0 Å². The van der Waals surface area contributed by atoms with Crippen LogP contribution < -0.4 is 15.0 Å². The number of carbonyl (C=O) groups is 2. The summed E-state index contributed by atoms with van der Waals surface area (Å²) in [5.74, 6) is -0.227. The first-order valence-electron chi connectivity index (χ1n) is 10.2. The monoisotopic (exact) mass is 428 g/mol. The summed E-state index contributed by atoms with van der Waals surface area (Å²) in [6.07, 6.45) is 3.62. The molecule has 8 heteroatoms. The standard InChI is InChI=1S/C24H20N4O4/c1-28-20-12-21-17(26-14-32-21)11-22(20)31-13-19(24(28)30)27-23(29)18-10-16(7-8-25-18)9-15-5-3-2-4-6-15/h2-8,10-12,14,19H,9,13H2,1H3,(H,27,29)/t19-/m0/s1. The molecule has 0 saturated carbocycles. The van der Waals surface area contributed by atoms with Crippen LogP contribution in [0.1, 0.15) is 21.6 Å². The van der Waals surface area contributed by atoms with Crippen LogP contribution in [0.3, 0.4) is 0 Å². The summed E-state index contributed by atoms with van der Waals surface area (Å²) >= 11 is 0. The molecular weight excluding hydrogens is 408 g/mol. The highest BCUT2D eigenvalue weighted by atomic mass is 16.5. The smallest absolute Gasteiger partial charge is 0.270 e. The number of amides is 2. The van der Waals surface area contributed by atoms with E-state index in [1.54, 1.807) is 31.4 Å². The first-order valence-corrected chi connectivity index (χ1v) is 10.2. The minimum Gasteiger partial charge on any atom is -0.489 e. The van der Waals surface area contributed by atoms with E-state index in [0.717, 1.165) is 11.1 Å². The molecule has 0 saturated heterocycles. The molecule has 2 aromatic heterocycles. The number of carbonyl (C=O) groups excluding carboxylic acids is 2. The van der Waals surface area contributed by atoms with E-state index in [1.807, 2.05) is 36.4 Å². The van der Waals surface area contributed by atoms with Crippen molar-refractivity contribution in [2.24, 2.45) is 0 Å². The Labute approximate surface area is 183 Å². The predicted octanol–water partition coefficient (Wildman–Crippen LogP) is 2.97. The molecule has 5 rings (SSSR count). The highest BCUT2D eigenvalue weighted by Gasteiger charge is 2.31. The number of hydrogen-bond donors (Lipinski definition) is 1. The van der Waals surface area contributed by atoms with Crippen LogP contribution in [0.2, 0.25) is 0 Å². The average molecular weight is 428 g/mol. The van der Waals surface area contributed by atoms with Crippen LogP contribution >= 0.6 is 0 Å². The summed E-state index contributed by atoms with van der Waals surface area (Å²) in [5.41, 5.74) is 4.08. The molecule has 2 amide bonds. The summed E-state index contributed by atoms with van der Waals surface area (Å²) < 4.78 is 11.2. The third-order valence-corrected chi connectivity index (χ3v) is 5.42. The number of anilines is 1. The highest BCUT2D eigenvalue weighted by molar-refractivity contribution is 6.03. The van der Waals surface area contributed by atoms with Gasteiger partial charge in [0.25, 0.3) is 11.8 Å². The molecule has 1 N–H and O–H groups in total. The maximum Gasteiger partial charge on any atom is 0.270 e. The average Bonchev–Trinajstić information content (AvgIpc) is 3.24. The van der Waals surface area contributed by atoms with Crippen LogP contribution in [0.5, 0.6) is 5.75 Å². The number of hydrogen-bond acceptors (Lipinski definition) is 6. The maximum atomic E-state index is 13.0. The van der Waals surface area contributed by atoms with Gasteiger partial charge >= 0.3 is 0 Å². The normalized spacial score (nSPS) is 15.7. The number of ether oxygens (including phenoxy) is 1. The van der Waals surface area contributed by atoms with Gasteiger partial charge in [-0.15, -0.1) is 0 Å². The molecule has 2 aromatic carbocycles. The second-order valence-electron chi connectivity index (χ2n) is 7.59. The minimum atomic E-state index is -0.862. The van der Waals surface area contributed by atoms with E-state index < -0.39 is 11.9 Å². The molecule has 8 nitrogen and oxygen atoms in total. The fourth-order valence-electron chi connectivity index (χ4n) is 3.72. The Morgan fingerprint density at radius 3 is 2.81 bits per heavy atom. The van der Waals surface area contributed by atoms with Gasteiger partial charge in [0.2, 0.25) is 0 Å². The maximum absolute atomic E-state index is 13.0. The van der Waals surface area contributed by atoms with E-state index in [0.29, 0.717) is 29.0 Å². The zero-order chi connectivity index (χ0) is 22.1. The third kappa shape index (κ3) is 3.78. The fraction of sp³-hybridized carbons (Fsp3) is 0.167. The SMILES string of the molecule is CN1C(=O)[C@@H](NC(=O)c2cc(Cc3ccccc3)ccn2)COc2cc3ncoc3cc21. The van der Waals surface area contributed by atoms with Crippen LogP contribution in [-0.4, -0.2) is 41.5 Å². The molecule has 1 aliphatic heterocycles. The van der Waals surface area contributed by atoms with E-state index in [9.17, 15) is 9.59 Å². The van der Waals surface area contributed by atoms with Gasteiger partial charge in [-0.05, 0) is 29.7 Å². The first-order chi connectivity index (χ1) is 15.6. The zero-order valence-corrected chi connectivity index (χ0v) is 17.3. The Morgan fingerprint density at radius 1 is 1.12 bits per heavy atom. The van der Waals surface area contributed by atoms with Crippen molar-refractivity contribution in [2.75, 3.05) is 18.6 Å². The highest BCUT2D eigenvalue weighted by Crippen LogP contribution is 2.34. The Hall–Kier alpha value is -4.20. The van der Waals surface area contributed by atoms with Gasteiger partial charge in [-0.3, -0.25) is 14.6 Å². The van der Waals surface area contributed by atoms with Crippen molar-refractivity contribution in [1.29, 1.82) is 0 Å². The van der Waals surface area contributed by atoms with Crippen LogP contribution in [0.15, 0.2) is 71.6 Å². The van der Waals surface area contributed by atoms with Gasteiger partial charge in [0.15, 0.2) is 12.0 Å². The summed E-state index contributed by atoms with van der Waals surface area (Å²) in [7, 11) is 1.63. The van der Waals surface area contributed by atoms with Crippen LogP contribution in [0.25, 0.3) is 11.1 Å². The molecular formula is C24H20N4O4. The van der Waals surface area contributed by atoms with Crippen LogP contribution in [0.4, 0.5) is 5.69 Å². The molecule has 0 aliphatic carbocycles. The molecule has 3 heterocycles. The Bertz CT molecular complexity index is 1300. The van der Waals surface area contributed by atoms with Crippen molar-refractivity contribution in [3.8, 4) is 5.75 Å². The number of fused-ring (bicyclic) bond motifs is 2. The van der Waals surface area contributed by atoms with E-state index in [1.165, 1.54) is 11.3 Å². The van der Waals surface area contributed by atoms with E-state index >= 15 is 0 Å². The van der Waals surface area contributed by atoms with Crippen molar-refractivity contribution in [2.45, 2.75) is 12.5 Å². The van der Waals surface area contributed by atoms with E-state index in [4.69, 9.17) is 9.15 Å². The number of oxazole rings is 1. The van der Waals surface area contributed by atoms with Gasteiger partial charge in [0, 0.05) is 25.4 Å². The van der Waals surface area contributed by atoms with Gasteiger partial charge in [0.05, 0.1) is 5.69 Å². The number of pyridine rings is 1. The molecule has 4 aromatic rings. The van der Waals surface area contributed by atoms with Gasteiger partial charge in [-0.1, -0.05) is 30.3 Å². The Kier molecular flexibility index (Phi) is 5.03. The molecule has 1 aliphatic rings. The molecule has 1 atom stereocenters. The molecule has 0 fully saturated rings. The fourth-order valence-corrected chi connectivity index (χ4v) is 3.72. The summed E-state index contributed by atoms with van der Waals surface area (Å²) in [6.45, 7) is -0.00498. The molecule has 0 unspecified atom stereocenters. The number of benzene rings is 2. The Morgan fingerprint density at radius 2 is 1.97 bits per heavy atom. The minimum absolute atomic E-state index is 0.00498. The Balaban J connectivity index is 1.33. The lowest BCUT2D eigenvalue weighted by Crippen LogP contribution is -2.49. The second kappa shape index (κ2) is 8.14. The lowest BCUT2D eigenvalue weighted by atomic mass is 10.1. The summed E-state index contributed by atoms with van der Waals surface area (Å²) in [6, 6.07) is 16.1.